The number of carbonyl (C=O) groups is 1. The predicted octanol–water partition coefficient (Wildman–Crippen LogP) is -2.51. The van der Waals surface area contributed by atoms with Crippen molar-refractivity contribution in [3.8, 4) is 0 Å². The molecule has 0 aliphatic carbocycles. The lowest BCUT2D eigenvalue weighted by Gasteiger charge is -2.43. The second-order valence-corrected chi connectivity index (χ2v) is 8.06. The molecule has 2 aliphatic heterocycles. The van der Waals surface area contributed by atoms with E-state index >= 15 is 0 Å². The molecular weight excluding hydrogens is 442 g/mol. The Morgan fingerprint density at radius 2 is 1.79 bits per heavy atom. The summed E-state index contributed by atoms with van der Waals surface area (Å²) < 4.78 is 22.3. The molecule has 2 saturated heterocycles. The Hall–Kier alpha value is -1.71. The van der Waals surface area contributed by atoms with E-state index in [-0.39, 0.29) is 13.0 Å². The monoisotopic (exact) mass is 473 g/mol. The number of aliphatic hydroxyl groups is 6. The molecule has 1 amide bonds. The van der Waals surface area contributed by atoms with Crippen LogP contribution in [0.2, 0.25) is 0 Å². The molecule has 1 aromatic carbocycles. The molecule has 2 fully saturated rings. The smallest absolute Gasteiger partial charge is 0.217 e. The van der Waals surface area contributed by atoms with E-state index in [2.05, 4.69) is 5.32 Å². The summed E-state index contributed by atoms with van der Waals surface area (Å²) in [6, 6.07) is 7.33. The lowest BCUT2D eigenvalue weighted by molar-refractivity contribution is -0.305. The average molecular weight is 473 g/mol. The van der Waals surface area contributed by atoms with Gasteiger partial charge in [0.05, 0.1) is 19.3 Å². The van der Waals surface area contributed by atoms with Crippen molar-refractivity contribution in [2.75, 3.05) is 13.2 Å². The zero-order valence-corrected chi connectivity index (χ0v) is 18.0. The maximum Gasteiger partial charge on any atom is 0.217 e. The van der Waals surface area contributed by atoms with Gasteiger partial charge in [-0.25, -0.2) is 0 Å². The highest BCUT2D eigenvalue weighted by atomic mass is 16.7. The van der Waals surface area contributed by atoms with Crippen LogP contribution in [0.3, 0.4) is 0 Å². The van der Waals surface area contributed by atoms with Crippen LogP contribution in [0.4, 0.5) is 0 Å². The minimum absolute atomic E-state index is 0.146. The maximum atomic E-state index is 11.5. The molecule has 12 heteroatoms. The van der Waals surface area contributed by atoms with Crippen LogP contribution in [0, 0.1) is 0 Å². The maximum absolute atomic E-state index is 11.5. The fourth-order valence-corrected chi connectivity index (χ4v) is 3.86. The fraction of sp³-hybridized carbons (Fsp3) is 0.667. The van der Waals surface area contributed by atoms with Crippen LogP contribution in [-0.4, -0.2) is 105 Å². The number of hydrogen-bond donors (Lipinski definition) is 7. The topological polar surface area (TPSA) is 187 Å². The second kappa shape index (κ2) is 11.6. The van der Waals surface area contributed by atoms with Gasteiger partial charge in [0.25, 0.3) is 0 Å². The molecule has 186 valence electrons. The molecule has 1 aromatic rings. The van der Waals surface area contributed by atoms with Gasteiger partial charge < -0.3 is 54.9 Å². The number of hydrogen-bond acceptors (Lipinski definition) is 11. The van der Waals surface area contributed by atoms with Crippen LogP contribution in [0.1, 0.15) is 25.2 Å². The summed E-state index contributed by atoms with van der Waals surface area (Å²) in [5.74, 6) is -0.515. The standard InChI is InChI=1S/C21H31NO11/c1-10(24)22-16-18(28)19(13(8-23)32-20(16)29)33-21(11-5-3-2-4-6-11)30-9-14-17(27)12(25)7-15(26)31-14/h2-6,12-21,23,25-29H,7-9H2,1H3,(H,22,24)/t12-,13-,14-,15?,16-,17+,18-,19-,20?,21?/m1/s1. The van der Waals surface area contributed by atoms with Crippen molar-refractivity contribution >= 4 is 5.91 Å². The van der Waals surface area contributed by atoms with E-state index in [0.717, 1.165) is 0 Å². The zero-order valence-electron chi connectivity index (χ0n) is 18.0. The van der Waals surface area contributed by atoms with Crippen LogP contribution in [0.15, 0.2) is 30.3 Å². The summed E-state index contributed by atoms with van der Waals surface area (Å²) in [5, 5.41) is 62.8. The van der Waals surface area contributed by atoms with Crippen molar-refractivity contribution in [1.29, 1.82) is 0 Å². The molecule has 12 nitrogen and oxygen atoms in total. The van der Waals surface area contributed by atoms with Gasteiger partial charge in [0, 0.05) is 18.9 Å². The molecule has 7 N–H and O–H groups in total. The first-order valence-electron chi connectivity index (χ1n) is 10.6. The largest absolute Gasteiger partial charge is 0.394 e. The lowest BCUT2D eigenvalue weighted by Crippen LogP contribution is -2.64. The van der Waals surface area contributed by atoms with Crippen molar-refractivity contribution in [2.45, 2.75) is 74.9 Å². The number of amides is 1. The van der Waals surface area contributed by atoms with Gasteiger partial charge in [-0.3, -0.25) is 4.79 Å². The molecule has 0 radical (unpaired) electrons. The fourth-order valence-electron chi connectivity index (χ4n) is 3.86. The molecule has 3 rings (SSSR count). The number of aliphatic hydroxyl groups excluding tert-OH is 6. The third-order valence-electron chi connectivity index (χ3n) is 5.56. The minimum atomic E-state index is -1.58. The van der Waals surface area contributed by atoms with Crippen molar-refractivity contribution in [3.05, 3.63) is 35.9 Å². The van der Waals surface area contributed by atoms with E-state index in [9.17, 15) is 35.4 Å². The van der Waals surface area contributed by atoms with Gasteiger partial charge in [0.1, 0.15) is 36.6 Å². The summed E-state index contributed by atoms with van der Waals surface area (Å²) >= 11 is 0. The average Bonchev–Trinajstić information content (AvgIpc) is 2.78. The number of ether oxygens (including phenoxy) is 4. The van der Waals surface area contributed by atoms with Gasteiger partial charge in [-0.2, -0.15) is 0 Å². The molecule has 0 aromatic heterocycles. The van der Waals surface area contributed by atoms with E-state index in [1.165, 1.54) is 6.92 Å². The number of nitrogens with one attached hydrogen (secondary N) is 1. The number of benzene rings is 1. The Balaban J connectivity index is 1.78. The number of rotatable bonds is 8. The first-order chi connectivity index (χ1) is 15.7. The summed E-state index contributed by atoms with van der Waals surface area (Å²) in [5.41, 5.74) is 0.509. The Morgan fingerprint density at radius 1 is 1.09 bits per heavy atom. The SMILES string of the molecule is CC(=O)N[C@H]1C(O)O[C@H](CO)[C@@H](OC(OC[C@H]2OC(O)C[C@@H](O)[C@@H]2O)c2ccccc2)[C@@H]1O. The van der Waals surface area contributed by atoms with Gasteiger partial charge in [0.2, 0.25) is 5.91 Å². The van der Waals surface area contributed by atoms with E-state index in [0.29, 0.717) is 5.56 Å². The number of carbonyl (C=O) groups excluding carboxylic acids is 1. The van der Waals surface area contributed by atoms with Crippen molar-refractivity contribution in [1.82, 2.24) is 5.32 Å². The van der Waals surface area contributed by atoms with Gasteiger partial charge in [-0.1, -0.05) is 30.3 Å². The van der Waals surface area contributed by atoms with Crippen LogP contribution in [-0.2, 0) is 23.7 Å². The first-order valence-corrected chi connectivity index (χ1v) is 10.6. The second-order valence-electron chi connectivity index (χ2n) is 8.06. The molecule has 0 spiro atoms. The Bertz CT molecular complexity index is 753. The van der Waals surface area contributed by atoms with Crippen LogP contribution < -0.4 is 5.32 Å². The molecule has 33 heavy (non-hydrogen) atoms. The van der Waals surface area contributed by atoms with Gasteiger partial charge >= 0.3 is 0 Å². The third kappa shape index (κ3) is 6.45. The summed E-state index contributed by atoms with van der Waals surface area (Å²) in [4.78, 5) is 11.5. The molecule has 2 aliphatic rings. The Kier molecular flexibility index (Phi) is 9.12. The quantitative estimate of drug-likeness (QED) is 0.198. The molecule has 0 saturated carbocycles. The van der Waals surface area contributed by atoms with E-state index in [1.54, 1.807) is 30.3 Å². The van der Waals surface area contributed by atoms with Gasteiger partial charge in [-0.15, -0.1) is 0 Å². The molecule has 10 atom stereocenters. The summed E-state index contributed by atoms with van der Waals surface area (Å²) in [6.45, 7) is 0.317. The van der Waals surface area contributed by atoms with Gasteiger partial charge in [0.15, 0.2) is 18.9 Å². The van der Waals surface area contributed by atoms with E-state index in [4.69, 9.17) is 18.9 Å². The van der Waals surface area contributed by atoms with Crippen molar-refractivity contribution < 1.29 is 54.4 Å². The van der Waals surface area contributed by atoms with Crippen molar-refractivity contribution in [2.24, 2.45) is 0 Å². The van der Waals surface area contributed by atoms with Gasteiger partial charge in [-0.05, 0) is 0 Å². The van der Waals surface area contributed by atoms with Crippen LogP contribution >= 0.6 is 0 Å². The third-order valence-corrected chi connectivity index (χ3v) is 5.56. The first kappa shape index (κ1) is 25.9. The highest BCUT2D eigenvalue weighted by molar-refractivity contribution is 5.73. The Labute approximate surface area is 190 Å². The molecule has 2 heterocycles. The Morgan fingerprint density at radius 3 is 2.42 bits per heavy atom. The lowest BCUT2D eigenvalue weighted by atomic mass is 9.96. The minimum Gasteiger partial charge on any atom is -0.394 e. The van der Waals surface area contributed by atoms with E-state index < -0.39 is 74.0 Å². The normalized spacial score (nSPS) is 38.0. The summed E-state index contributed by atoms with van der Waals surface area (Å²) in [7, 11) is 0. The predicted molar refractivity (Wildman–Crippen MR) is 109 cm³/mol. The molecular formula is C21H31NO11. The van der Waals surface area contributed by atoms with Crippen LogP contribution in [0.5, 0.6) is 0 Å². The summed E-state index contributed by atoms with van der Waals surface area (Å²) in [6.07, 6.45) is -11.6. The highest BCUT2D eigenvalue weighted by Gasteiger charge is 2.47. The zero-order chi connectivity index (χ0) is 24.1. The van der Waals surface area contributed by atoms with Crippen molar-refractivity contribution in [3.63, 3.8) is 0 Å². The van der Waals surface area contributed by atoms with Crippen LogP contribution in [0.25, 0.3) is 0 Å². The molecule has 0 bridgehead atoms. The van der Waals surface area contributed by atoms with E-state index in [1.807, 2.05) is 0 Å². The highest BCUT2D eigenvalue weighted by Crippen LogP contribution is 2.30. The molecule has 3 unspecified atom stereocenters.